The summed E-state index contributed by atoms with van der Waals surface area (Å²) < 4.78 is 5.48. The molecule has 0 N–H and O–H groups in total. The van der Waals surface area contributed by atoms with Crippen LogP contribution in [0.2, 0.25) is 0 Å². The summed E-state index contributed by atoms with van der Waals surface area (Å²) in [4.78, 5) is 16.5. The maximum Gasteiger partial charge on any atom is 0.159 e. The highest BCUT2D eigenvalue weighted by atomic mass is 16.5. The van der Waals surface area contributed by atoms with Gasteiger partial charge in [-0.3, -0.25) is 9.88 Å². The Morgan fingerprint density at radius 2 is 1.71 bits per heavy atom. The fraction of sp³-hybridized carbons (Fsp3) is 0.276. The first kappa shape index (κ1) is 22.2. The third-order valence-corrected chi connectivity index (χ3v) is 6.64. The van der Waals surface area contributed by atoms with Gasteiger partial charge in [0.05, 0.1) is 12.8 Å². The van der Waals surface area contributed by atoms with Crippen molar-refractivity contribution in [3.05, 3.63) is 96.1 Å². The van der Waals surface area contributed by atoms with Gasteiger partial charge in [0.25, 0.3) is 0 Å². The number of nitrogens with zero attached hydrogens (tertiary/aromatic N) is 4. The largest absolute Gasteiger partial charge is 0.497 e. The summed E-state index contributed by atoms with van der Waals surface area (Å²) in [7, 11) is 1.70. The average molecular weight is 451 g/mol. The van der Waals surface area contributed by atoms with Gasteiger partial charge in [0.1, 0.15) is 5.75 Å². The lowest BCUT2D eigenvalue weighted by molar-refractivity contribution is 0.203. The Balaban J connectivity index is 1.42. The van der Waals surface area contributed by atoms with Crippen molar-refractivity contribution in [3.8, 4) is 28.3 Å². The average Bonchev–Trinajstić information content (AvgIpc) is 2.91. The minimum absolute atomic E-state index is 0.388. The molecule has 1 aliphatic rings. The van der Waals surface area contributed by atoms with Gasteiger partial charge in [-0.05, 0) is 68.2 Å². The number of rotatable bonds is 6. The molecule has 0 spiro atoms. The molecule has 0 atom stereocenters. The smallest absolute Gasteiger partial charge is 0.159 e. The monoisotopic (exact) mass is 450 g/mol. The predicted molar refractivity (Wildman–Crippen MR) is 136 cm³/mol. The highest BCUT2D eigenvalue weighted by Crippen LogP contribution is 2.36. The molecule has 2 aromatic carbocycles. The van der Waals surface area contributed by atoms with E-state index >= 15 is 0 Å². The first-order chi connectivity index (χ1) is 16.7. The van der Waals surface area contributed by atoms with Gasteiger partial charge in [0.2, 0.25) is 0 Å². The normalized spacial score (nSPS) is 14.8. The molecule has 5 rings (SSSR count). The number of likely N-dealkylation sites (tertiary alicyclic amines) is 1. The first-order valence-corrected chi connectivity index (χ1v) is 11.9. The molecular weight excluding hydrogens is 420 g/mol. The number of aryl methyl sites for hydroxylation is 1. The van der Waals surface area contributed by atoms with Crippen LogP contribution in [-0.2, 0) is 6.54 Å². The summed E-state index contributed by atoms with van der Waals surface area (Å²) in [5.74, 6) is 1.99. The lowest BCUT2D eigenvalue weighted by Gasteiger charge is -2.32. The Hall–Kier alpha value is -3.57. The molecule has 34 heavy (non-hydrogen) atoms. The Kier molecular flexibility index (Phi) is 6.63. The lowest BCUT2D eigenvalue weighted by atomic mass is 9.88. The van der Waals surface area contributed by atoms with Crippen LogP contribution in [0, 0.1) is 6.92 Å². The summed E-state index contributed by atoms with van der Waals surface area (Å²) in [6, 6.07) is 21.0. The van der Waals surface area contributed by atoms with Gasteiger partial charge >= 0.3 is 0 Å². The predicted octanol–water partition coefficient (Wildman–Crippen LogP) is 5.90. The summed E-state index contributed by atoms with van der Waals surface area (Å²) in [6.07, 6.45) is 7.71. The van der Waals surface area contributed by atoms with Crippen LogP contribution in [-0.4, -0.2) is 40.1 Å². The van der Waals surface area contributed by atoms with Crippen molar-refractivity contribution in [2.75, 3.05) is 20.2 Å². The Morgan fingerprint density at radius 1 is 0.941 bits per heavy atom. The van der Waals surface area contributed by atoms with E-state index < -0.39 is 0 Å². The van der Waals surface area contributed by atoms with Gasteiger partial charge in [0, 0.05) is 42.2 Å². The SMILES string of the molecule is COc1cccc(-c2cnc(-c3ccncc3)nc2C2CCN(Cc3ccc(C)cc3)CC2)c1. The minimum Gasteiger partial charge on any atom is -0.497 e. The number of methoxy groups -OCH3 is 1. The van der Waals surface area contributed by atoms with Crippen LogP contribution < -0.4 is 4.74 Å². The lowest BCUT2D eigenvalue weighted by Crippen LogP contribution is -2.33. The molecule has 0 unspecified atom stereocenters. The summed E-state index contributed by atoms with van der Waals surface area (Å²) in [5.41, 5.74) is 6.99. The molecule has 1 aliphatic heterocycles. The topological polar surface area (TPSA) is 51.1 Å². The van der Waals surface area contributed by atoms with Crippen LogP contribution in [0.4, 0.5) is 0 Å². The molecule has 4 aromatic rings. The minimum atomic E-state index is 0.388. The molecular formula is C29H30N4O. The maximum atomic E-state index is 5.48. The third-order valence-electron chi connectivity index (χ3n) is 6.64. The van der Waals surface area contributed by atoms with Crippen molar-refractivity contribution >= 4 is 0 Å². The number of hydrogen-bond donors (Lipinski definition) is 0. The Labute approximate surface area is 201 Å². The van der Waals surface area contributed by atoms with E-state index in [-0.39, 0.29) is 0 Å². The highest BCUT2D eigenvalue weighted by Gasteiger charge is 2.25. The molecule has 1 saturated heterocycles. The summed E-state index contributed by atoms with van der Waals surface area (Å²) >= 11 is 0. The second-order valence-electron chi connectivity index (χ2n) is 9.00. The van der Waals surface area contributed by atoms with Crippen molar-refractivity contribution in [1.82, 2.24) is 19.9 Å². The van der Waals surface area contributed by atoms with Crippen molar-refractivity contribution in [1.29, 1.82) is 0 Å². The van der Waals surface area contributed by atoms with Crippen LogP contribution >= 0.6 is 0 Å². The van der Waals surface area contributed by atoms with Crippen LogP contribution in [0.1, 0.15) is 35.6 Å². The van der Waals surface area contributed by atoms with Crippen molar-refractivity contribution < 1.29 is 4.74 Å². The third kappa shape index (κ3) is 5.00. The maximum absolute atomic E-state index is 5.48. The number of pyridine rings is 1. The molecule has 0 amide bonds. The van der Waals surface area contributed by atoms with E-state index in [0.29, 0.717) is 5.92 Å². The van der Waals surface area contributed by atoms with E-state index in [4.69, 9.17) is 14.7 Å². The van der Waals surface area contributed by atoms with Crippen LogP contribution in [0.25, 0.3) is 22.5 Å². The molecule has 5 heteroatoms. The van der Waals surface area contributed by atoms with Gasteiger partial charge < -0.3 is 4.74 Å². The zero-order valence-electron chi connectivity index (χ0n) is 19.8. The molecule has 0 saturated carbocycles. The second-order valence-corrected chi connectivity index (χ2v) is 9.00. The van der Waals surface area contributed by atoms with Gasteiger partial charge in [-0.15, -0.1) is 0 Å². The van der Waals surface area contributed by atoms with E-state index in [0.717, 1.165) is 66.4 Å². The first-order valence-electron chi connectivity index (χ1n) is 11.9. The number of aromatic nitrogens is 3. The van der Waals surface area contributed by atoms with Gasteiger partial charge in [-0.2, -0.15) is 0 Å². The molecule has 2 aromatic heterocycles. The fourth-order valence-electron chi connectivity index (χ4n) is 4.68. The van der Waals surface area contributed by atoms with E-state index in [9.17, 15) is 0 Å². The summed E-state index contributed by atoms with van der Waals surface area (Å²) in [6.45, 7) is 5.26. The van der Waals surface area contributed by atoms with Crippen molar-refractivity contribution in [2.24, 2.45) is 0 Å². The van der Waals surface area contributed by atoms with Gasteiger partial charge in [0.15, 0.2) is 5.82 Å². The van der Waals surface area contributed by atoms with E-state index in [1.54, 1.807) is 19.5 Å². The fourth-order valence-corrected chi connectivity index (χ4v) is 4.68. The Bertz CT molecular complexity index is 1230. The van der Waals surface area contributed by atoms with Gasteiger partial charge in [-0.25, -0.2) is 9.97 Å². The van der Waals surface area contributed by atoms with Gasteiger partial charge in [-0.1, -0.05) is 42.0 Å². The quantitative estimate of drug-likeness (QED) is 0.366. The number of hydrogen-bond acceptors (Lipinski definition) is 5. The molecule has 1 fully saturated rings. The second kappa shape index (κ2) is 10.1. The number of piperidine rings is 1. The zero-order valence-corrected chi connectivity index (χ0v) is 19.8. The molecule has 3 heterocycles. The molecule has 5 nitrogen and oxygen atoms in total. The van der Waals surface area contributed by atoms with E-state index in [1.807, 2.05) is 30.5 Å². The molecule has 0 aliphatic carbocycles. The van der Waals surface area contributed by atoms with Crippen molar-refractivity contribution in [2.45, 2.75) is 32.2 Å². The summed E-state index contributed by atoms with van der Waals surface area (Å²) in [5, 5.41) is 0. The van der Waals surface area contributed by atoms with Crippen molar-refractivity contribution in [3.63, 3.8) is 0 Å². The zero-order chi connectivity index (χ0) is 23.3. The van der Waals surface area contributed by atoms with E-state index in [1.165, 1.54) is 11.1 Å². The van der Waals surface area contributed by atoms with Crippen LogP contribution in [0.3, 0.4) is 0 Å². The standard InChI is InChI=1S/C29H30N4O/c1-21-6-8-22(9-7-21)20-33-16-12-23(13-17-33)28-27(25-4-3-5-26(18-25)34-2)19-31-29(32-28)24-10-14-30-15-11-24/h3-11,14-15,18-19,23H,12-13,16-17,20H2,1-2H3. The van der Waals surface area contributed by atoms with E-state index in [2.05, 4.69) is 53.2 Å². The highest BCUT2D eigenvalue weighted by molar-refractivity contribution is 5.69. The molecule has 0 radical (unpaired) electrons. The molecule has 0 bridgehead atoms. The van der Waals surface area contributed by atoms with Crippen LogP contribution in [0.15, 0.2) is 79.3 Å². The van der Waals surface area contributed by atoms with Crippen LogP contribution in [0.5, 0.6) is 5.75 Å². The number of benzene rings is 2. The Morgan fingerprint density at radius 3 is 2.44 bits per heavy atom. The molecule has 172 valence electrons. The number of ether oxygens (including phenoxy) is 1.